The second kappa shape index (κ2) is 12.9. The van der Waals surface area contributed by atoms with Crippen LogP contribution in [-0.2, 0) is 0 Å². The highest BCUT2D eigenvalue weighted by atomic mass is 16.5. The molecule has 0 aliphatic carbocycles. The van der Waals surface area contributed by atoms with E-state index in [0.717, 1.165) is 53.9 Å². The van der Waals surface area contributed by atoms with E-state index < -0.39 is 0 Å². The second-order valence-corrected chi connectivity index (χ2v) is 9.64. The van der Waals surface area contributed by atoms with Crippen LogP contribution in [0.15, 0.2) is 84.6 Å². The van der Waals surface area contributed by atoms with E-state index in [4.69, 9.17) is 15.9 Å². The van der Waals surface area contributed by atoms with Gasteiger partial charge >= 0.3 is 0 Å². The minimum atomic E-state index is -0.239. The van der Waals surface area contributed by atoms with Crippen LogP contribution in [0, 0.1) is 12.3 Å². The number of carbonyl (C=O) groups is 1. The monoisotopic (exact) mass is 522 g/mol. The fraction of sp³-hybridized carbons (Fsp3) is 0.242. The Labute approximate surface area is 230 Å². The lowest BCUT2D eigenvalue weighted by Crippen LogP contribution is -2.35. The largest absolute Gasteiger partial charge is 0.501 e. The first kappa shape index (κ1) is 27.6. The summed E-state index contributed by atoms with van der Waals surface area (Å²) >= 11 is 0. The molecule has 2 N–H and O–H groups in total. The lowest BCUT2D eigenvalue weighted by atomic mass is 10.0. The van der Waals surface area contributed by atoms with Crippen molar-refractivity contribution < 1.29 is 19.4 Å². The predicted molar refractivity (Wildman–Crippen MR) is 157 cm³/mol. The summed E-state index contributed by atoms with van der Waals surface area (Å²) in [5, 5.41) is 12.5. The Kier molecular flexibility index (Phi) is 9.09. The summed E-state index contributed by atoms with van der Waals surface area (Å²) in [6.45, 7) is 3.99. The third-order valence-corrected chi connectivity index (χ3v) is 6.82. The first-order valence-electron chi connectivity index (χ1n) is 13.0. The summed E-state index contributed by atoms with van der Waals surface area (Å²) in [6.07, 6.45) is 10.7. The van der Waals surface area contributed by atoms with Gasteiger partial charge in [0.15, 0.2) is 5.76 Å². The highest BCUT2D eigenvalue weighted by molar-refractivity contribution is 6.05. The topological polar surface area (TPSA) is 71.0 Å². The normalized spacial score (nSPS) is 14.9. The van der Waals surface area contributed by atoms with Crippen molar-refractivity contribution >= 4 is 17.2 Å². The number of rotatable bonds is 8. The number of methoxy groups -OCH3 is 1. The maximum Gasteiger partial charge on any atom is 0.255 e. The Hall–Kier alpha value is -4.47. The average Bonchev–Trinajstić information content (AvgIpc) is 2.97. The molecule has 3 aromatic rings. The zero-order valence-electron chi connectivity index (χ0n) is 22.6. The van der Waals surface area contributed by atoms with Gasteiger partial charge in [0.25, 0.3) is 5.91 Å². The minimum Gasteiger partial charge on any atom is -0.501 e. The molecule has 6 nitrogen and oxygen atoms in total. The first-order valence-corrected chi connectivity index (χ1v) is 13.0. The number of aliphatic hydroxyl groups excluding tert-OH is 1. The number of likely N-dealkylation sites (tertiary alicyclic amines) is 1. The van der Waals surface area contributed by atoms with E-state index in [1.807, 2.05) is 43.3 Å². The van der Waals surface area contributed by atoms with Crippen molar-refractivity contribution in [3.8, 4) is 35.0 Å². The molecule has 4 rings (SSSR count). The van der Waals surface area contributed by atoms with Gasteiger partial charge in [0.1, 0.15) is 17.6 Å². The molecule has 0 unspecified atom stereocenters. The molecule has 1 aliphatic rings. The Balaban J connectivity index is 1.41. The van der Waals surface area contributed by atoms with Crippen LogP contribution in [0.3, 0.4) is 0 Å². The molecule has 0 bridgehead atoms. The first-order chi connectivity index (χ1) is 18.9. The molecule has 1 aliphatic heterocycles. The molecular weight excluding hydrogens is 488 g/mol. The molecule has 1 fully saturated rings. The van der Waals surface area contributed by atoms with Gasteiger partial charge < -0.3 is 24.8 Å². The molecule has 6 heteroatoms. The predicted octanol–water partition coefficient (Wildman–Crippen LogP) is 6.57. The summed E-state index contributed by atoms with van der Waals surface area (Å²) in [6, 6.07) is 21.1. The molecule has 0 atom stereocenters. The Bertz CT molecular complexity index is 1390. The van der Waals surface area contributed by atoms with Gasteiger partial charge in [-0.15, -0.1) is 6.42 Å². The van der Waals surface area contributed by atoms with Gasteiger partial charge in [-0.25, -0.2) is 0 Å². The van der Waals surface area contributed by atoms with Gasteiger partial charge in [0, 0.05) is 29.9 Å². The third-order valence-electron chi connectivity index (χ3n) is 6.82. The van der Waals surface area contributed by atoms with E-state index in [1.54, 1.807) is 31.4 Å². The number of aliphatic hydroxyl groups is 1. The molecular formula is C33H34N2O4. The SMILES string of the molecule is C#C/C(O)=C\C=C(/C)c1cc(C(=O)Nc2ccc(-c3ccc(OC4CCN(C)CC4)cc3)cc2)ccc1OC. The number of carbonyl (C=O) groups excluding carboxylic acids is 1. The molecule has 1 heterocycles. The van der Waals surface area contributed by atoms with Crippen LogP contribution in [-0.4, -0.2) is 49.3 Å². The fourth-order valence-electron chi connectivity index (χ4n) is 4.47. The number of terminal acetylenes is 1. The van der Waals surface area contributed by atoms with Crippen LogP contribution in [0.5, 0.6) is 11.5 Å². The van der Waals surface area contributed by atoms with Crippen LogP contribution in [0.2, 0.25) is 0 Å². The number of ether oxygens (including phenoxy) is 2. The van der Waals surface area contributed by atoms with Gasteiger partial charge in [-0.3, -0.25) is 4.79 Å². The Morgan fingerprint density at radius 1 is 1.03 bits per heavy atom. The van der Waals surface area contributed by atoms with Crippen molar-refractivity contribution in [1.82, 2.24) is 4.90 Å². The maximum absolute atomic E-state index is 13.0. The van der Waals surface area contributed by atoms with E-state index in [-0.39, 0.29) is 17.8 Å². The summed E-state index contributed by atoms with van der Waals surface area (Å²) in [4.78, 5) is 15.3. The summed E-state index contributed by atoms with van der Waals surface area (Å²) in [7, 11) is 3.71. The number of amides is 1. The smallest absolute Gasteiger partial charge is 0.255 e. The van der Waals surface area contributed by atoms with Gasteiger partial charge in [-0.2, -0.15) is 0 Å². The third kappa shape index (κ3) is 7.31. The van der Waals surface area contributed by atoms with Gasteiger partial charge in [-0.05, 0) is 98.0 Å². The van der Waals surface area contributed by atoms with Crippen LogP contribution < -0.4 is 14.8 Å². The van der Waals surface area contributed by atoms with E-state index in [1.165, 1.54) is 6.08 Å². The van der Waals surface area contributed by atoms with E-state index in [2.05, 4.69) is 35.3 Å². The fourth-order valence-corrected chi connectivity index (χ4v) is 4.47. The van der Waals surface area contributed by atoms with Crippen molar-refractivity contribution in [1.29, 1.82) is 0 Å². The van der Waals surface area contributed by atoms with E-state index in [9.17, 15) is 9.90 Å². The lowest BCUT2D eigenvalue weighted by Gasteiger charge is -2.29. The van der Waals surface area contributed by atoms with Crippen LogP contribution in [0.1, 0.15) is 35.7 Å². The van der Waals surface area contributed by atoms with E-state index >= 15 is 0 Å². The number of benzene rings is 3. The van der Waals surface area contributed by atoms with Crippen molar-refractivity contribution in [2.45, 2.75) is 25.9 Å². The van der Waals surface area contributed by atoms with Gasteiger partial charge in [-0.1, -0.05) is 30.3 Å². The van der Waals surface area contributed by atoms with Crippen LogP contribution in [0.4, 0.5) is 5.69 Å². The number of hydrogen-bond acceptors (Lipinski definition) is 5. The molecule has 3 aromatic carbocycles. The molecule has 1 saturated heterocycles. The van der Waals surface area contributed by atoms with Crippen LogP contribution in [0.25, 0.3) is 16.7 Å². The molecule has 200 valence electrons. The van der Waals surface area contributed by atoms with Crippen molar-refractivity contribution in [2.24, 2.45) is 0 Å². The highest BCUT2D eigenvalue weighted by Gasteiger charge is 2.18. The zero-order chi connectivity index (χ0) is 27.8. The van der Waals surface area contributed by atoms with Crippen molar-refractivity contribution in [2.75, 3.05) is 32.6 Å². The highest BCUT2D eigenvalue weighted by Crippen LogP contribution is 2.29. The molecule has 39 heavy (non-hydrogen) atoms. The minimum absolute atomic E-state index is 0.178. The summed E-state index contributed by atoms with van der Waals surface area (Å²) < 4.78 is 11.6. The molecule has 0 saturated carbocycles. The number of anilines is 1. The van der Waals surface area contributed by atoms with Crippen molar-refractivity contribution in [3.63, 3.8) is 0 Å². The molecule has 0 radical (unpaired) electrons. The number of nitrogens with one attached hydrogen (secondary N) is 1. The van der Waals surface area contributed by atoms with Crippen molar-refractivity contribution in [3.05, 3.63) is 95.8 Å². The van der Waals surface area contributed by atoms with Gasteiger partial charge in [0.2, 0.25) is 0 Å². The number of allylic oxidation sites excluding steroid dienone is 4. The number of nitrogens with zero attached hydrogens (tertiary/aromatic N) is 1. The Morgan fingerprint density at radius 3 is 2.28 bits per heavy atom. The number of piperidine rings is 1. The average molecular weight is 523 g/mol. The zero-order valence-corrected chi connectivity index (χ0v) is 22.6. The standard InChI is InChI=1S/C33H34N2O4/c1-5-28(36)14-6-23(2)31-22-26(11-17-32(31)38-4)33(37)34-27-12-7-24(8-13-27)25-9-15-29(16-10-25)39-30-18-20-35(3)21-19-30/h1,6-17,22,30,36H,18-21H2,2-4H3,(H,34,37)/b23-6+,28-14+. The number of hydrogen-bond donors (Lipinski definition) is 2. The summed E-state index contributed by atoms with van der Waals surface area (Å²) in [5.41, 5.74) is 4.82. The second-order valence-electron chi connectivity index (χ2n) is 9.64. The molecule has 1 amide bonds. The quantitative estimate of drug-likeness (QED) is 0.199. The molecule has 0 aromatic heterocycles. The summed E-state index contributed by atoms with van der Waals surface area (Å²) in [5.74, 6) is 3.25. The Morgan fingerprint density at radius 2 is 1.67 bits per heavy atom. The lowest BCUT2D eigenvalue weighted by molar-refractivity contribution is 0.102. The van der Waals surface area contributed by atoms with E-state index in [0.29, 0.717) is 17.0 Å². The van der Waals surface area contributed by atoms with Gasteiger partial charge in [0.05, 0.1) is 7.11 Å². The molecule has 0 spiro atoms. The van der Waals surface area contributed by atoms with Crippen LogP contribution >= 0.6 is 0 Å². The maximum atomic E-state index is 13.0.